The monoisotopic (exact) mass is 267 g/mol. The van der Waals surface area contributed by atoms with Crippen LogP contribution in [0.15, 0.2) is 0 Å². The largest absolute Gasteiger partial charge is 0.344 e. The van der Waals surface area contributed by atoms with E-state index in [0.29, 0.717) is 6.04 Å². The highest BCUT2D eigenvalue weighted by Crippen LogP contribution is 2.31. The first-order chi connectivity index (χ1) is 8.65. The van der Waals surface area contributed by atoms with Crippen molar-refractivity contribution in [2.45, 2.75) is 32.2 Å². The fourth-order valence-electron chi connectivity index (χ4n) is 2.52. The Hall–Kier alpha value is -0.940. The van der Waals surface area contributed by atoms with Gasteiger partial charge in [0.15, 0.2) is 11.4 Å². The highest BCUT2D eigenvalue weighted by atomic mass is 32.1. The van der Waals surface area contributed by atoms with Gasteiger partial charge >= 0.3 is 0 Å². The first kappa shape index (κ1) is 13.5. The summed E-state index contributed by atoms with van der Waals surface area (Å²) >= 11 is 1.54. The van der Waals surface area contributed by atoms with E-state index in [1.807, 2.05) is 6.92 Å². The first-order valence-electron chi connectivity index (χ1n) is 6.52. The highest BCUT2D eigenvalue weighted by molar-refractivity contribution is 7.17. The van der Waals surface area contributed by atoms with Gasteiger partial charge < -0.3 is 9.80 Å². The molecule has 2 rings (SSSR count). The van der Waals surface area contributed by atoms with Crippen molar-refractivity contribution >= 4 is 22.8 Å². The van der Waals surface area contributed by atoms with Crippen LogP contribution in [0.5, 0.6) is 0 Å². The minimum atomic E-state index is 0.537. The number of thiazole rings is 1. The average Bonchev–Trinajstić information content (AvgIpc) is 2.93. The Morgan fingerprint density at radius 1 is 1.56 bits per heavy atom. The smallest absolute Gasteiger partial charge is 0.186 e. The van der Waals surface area contributed by atoms with Gasteiger partial charge in [-0.2, -0.15) is 0 Å². The Labute approximate surface area is 113 Å². The molecule has 4 nitrogen and oxygen atoms in total. The molecule has 0 bridgehead atoms. The molecule has 1 saturated heterocycles. The van der Waals surface area contributed by atoms with E-state index < -0.39 is 0 Å². The molecule has 1 unspecified atom stereocenters. The number of carbonyl (C=O) groups excluding carboxylic acids is 1. The molecule has 2 heterocycles. The number of aromatic nitrogens is 1. The van der Waals surface area contributed by atoms with E-state index in [1.165, 1.54) is 12.8 Å². The summed E-state index contributed by atoms with van der Waals surface area (Å²) in [5.41, 5.74) is 0.945. The zero-order chi connectivity index (χ0) is 13.1. The Balaban J connectivity index is 2.19. The molecule has 1 aliphatic rings. The second-order valence-electron chi connectivity index (χ2n) is 5.03. The van der Waals surface area contributed by atoms with Gasteiger partial charge in [-0.3, -0.25) is 4.79 Å². The molecule has 5 heteroatoms. The van der Waals surface area contributed by atoms with Gasteiger partial charge in [0.05, 0.1) is 10.6 Å². The van der Waals surface area contributed by atoms with E-state index in [2.05, 4.69) is 28.9 Å². The maximum absolute atomic E-state index is 11.0. The van der Waals surface area contributed by atoms with Crippen LogP contribution in [-0.2, 0) is 6.42 Å². The summed E-state index contributed by atoms with van der Waals surface area (Å²) in [5.74, 6) is 0. The Morgan fingerprint density at radius 3 is 2.89 bits per heavy atom. The molecule has 0 radical (unpaired) electrons. The lowest BCUT2D eigenvalue weighted by molar-refractivity contribution is 0.112. The van der Waals surface area contributed by atoms with Crippen LogP contribution in [0.25, 0.3) is 0 Å². The summed E-state index contributed by atoms with van der Waals surface area (Å²) in [6.45, 7) is 4.16. The summed E-state index contributed by atoms with van der Waals surface area (Å²) in [6.07, 6.45) is 4.21. The van der Waals surface area contributed by atoms with E-state index in [0.717, 1.165) is 41.5 Å². The minimum absolute atomic E-state index is 0.537. The van der Waals surface area contributed by atoms with Gasteiger partial charge in [-0.25, -0.2) is 4.98 Å². The zero-order valence-electron chi connectivity index (χ0n) is 11.3. The van der Waals surface area contributed by atoms with Gasteiger partial charge in [-0.05, 0) is 33.4 Å². The van der Waals surface area contributed by atoms with Gasteiger partial charge in [0.2, 0.25) is 0 Å². The summed E-state index contributed by atoms with van der Waals surface area (Å²) < 4.78 is 0. The van der Waals surface area contributed by atoms with Gasteiger partial charge in [0, 0.05) is 19.1 Å². The number of nitrogens with zero attached hydrogens (tertiary/aromatic N) is 3. The van der Waals surface area contributed by atoms with Crippen molar-refractivity contribution in [2.24, 2.45) is 0 Å². The van der Waals surface area contributed by atoms with Crippen molar-refractivity contribution in [1.82, 2.24) is 9.88 Å². The van der Waals surface area contributed by atoms with Crippen molar-refractivity contribution < 1.29 is 4.79 Å². The minimum Gasteiger partial charge on any atom is -0.344 e. The molecule has 0 saturated carbocycles. The number of hydrogen-bond donors (Lipinski definition) is 0. The van der Waals surface area contributed by atoms with Crippen LogP contribution in [0.1, 0.15) is 35.1 Å². The van der Waals surface area contributed by atoms with Crippen molar-refractivity contribution in [3.05, 3.63) is 10.6 Å². The van der Waals surface area contributed by atoms with Crippen molar-refractivity contribution in [3.8, 4) is 0 Å². The third-order valence-electron chi connectivity index (χ3n) is 3.36. The lowest BCUT2D eigenvalue weighted by Crippen LogP contribution is -2.37. The number of aryl methyl sites for hydroxylation is 1. The molecule has 0 N–H and O–H groups in total. The summed E-state index contributed by atoms with van der Waals surface area (Å²) in [7, 11) is 4.21. The molecule has 1 atom stereocenters. The fraction of sp³-hybridized carbons (Fsp3) is 0.692. The predicted octanol–water partition coefficient (Wildman–Crippen LogP) is 2.05. The summed E-state index contributed by atoms with van der Waals surface area (Å²) in [4.78, 5) is 21.0. The molecule has 0 aromatic carbocycles. The van der Waals surface area contributed by atoms with E-state index in [4.69, 9.17) is 0 Å². The normalized spacial score (nSPS) is 19.8. The van der Waals surface area contributed by atoms with Gasteiger partial charge in [0.25, 0.3) is 0 Å². The second-order valence-corrected chi connectivity index (χ2v) is 6.04. The van der Waals surface area contributed by atoms with Crippen molar-refractivity contribution in [3.63, 3.8) is 0 Å². The van der Waals surface area contributed by atoms with Crippen molar-refractivity contribution in [1.29, 1.82) is 0 Å². The van der Waals surface area contributed by atoms with E-state index in [1.54, 1.807) is 11.3 Å². The van der Waals surface area contributed by atoms with Crippen LogP contribution in [0.3, 0.4) is 0 Å². The van der Waals surface area contributed by atoms with E-state index in [9.17, 15) is 4.79 Å². The highest BCUT2D eigenvalue weighted by Gasteiger charge is 2.28. The van der Waals surface area contributed by atoms with Gasteiger partial charge in [-0.15, -0.1) is 0 Å². The molecule has 0 aliphatic carbocycles. The van der Waals surface area contributed by atoms with Crippen LogP contribution in [0.2, 0.25) is 0 Å². The molecule has 0 amide bonds. The zero-order valence-corrected chi connectivity index (χ0v) is 12.2. The van der Waals surface area contributed by atoms with Crippen LogP contribution in [0, 0.1) is 0 Å². The Morgan fingerprint density at radius 2 is 2.33 bits per heavy atom. The lowest BCUT2D eigenvalue weighted by atomic mass is 10.2. The van der Waals surface area contributed by atoms with Gasteiger partial charge in [0.1, 0.15) is 0 Å². The quantitative estimate of drug-likeness (QED) is 0.765. The number of carbonyl (C=O) groups is 1. The first-order valence-corrected chi connectivity index (χ1v) is 7.33. The number of aldehydes is 1. The summed E-state index contributed by atoms with van der Waals surface area (Å²) in [5, 5.41) is 1.03. The van der Waals surface area contributed by atoms with E-state index >= 15 is 0 Å². The maximum atomic E-state index is 11.0. The molecule has 1 aromatic heterocycles. The Kier molecular flexibility index (Phi) is 4.35. The SMILES string of the molecule is CCc1nc(N2CCCC2CN(C)C)sc1C=O. The van der Waals surface area contributed by atoms with Crippen LogP contribution < -0.4 is 4.90 Å². The van der Waals surface area contributed by atoms with Crippen molar-refractivity contribution in [2.75, 3.05) is 32.1 Å². The standard InChI is InChI=1S/C13H21N3OS/c1-4-11-12(9-17)18-13(14-11)16-7-5-6-10(16)8-15(2)3/h9-10H,4-8H2,1-3H3. The number of likely N-dealkylation sites (N-methyl/N-ethyl adjacent to an activating group) is 1. The second kappa shape index (κ2) is 5.80. The summed E-state index contributed by atoms with van der Waals surface area (Å²) in [6, 6.07) is 0.537. The van der Waals surface area contributed by atoms with Gasteiger partial charge in [-0.1, -0.05) is 18.3 Å². The number of rotatable bonds is 5. The topological polar surface area (TPSA) is 36.4 Å². The molecule has 18 heavy (non-hydrogen) atoms. The average molecular weight is 267 g/mol. The molecule has 1 aromatic rings. The number of hydrogen-bond acceptors (Lipinski definition) is 5. The third kappa shape index (κ3) is 2.72. The molecular formula is C13H21N3OS. The third-order valence-corrected chi connectivity index (χ3v) is 4.42. The van der Waals surface area contributed by atoms with Crippen LogP contribution in [-0.4, -0.2) is 49.4 Å². The number of anilines is 1. The lowest BCUT2D eigenvalue weighted by Gasteiger charge is -2.26. The maximum Gasteiger partial charge on any atom is 0.186 e. The predicted molar refractivity (Wildman–Crippen MR) is 75.8 cm³/mol. The molecule has 1 fully saturated rings. The van der Waals surface area contributed by atoms with Crippen LogP contribution in [0.4, 0.5) is 5.13 Å². The van der Waals surface area contributed by atoms with E-state index in [-0.39, 0.29) is 0 Å². The molecule has 0 spiro atoms. The fourth-order valence-corrected chi connectivity index (χ4v) is 3.58. The molecule has 100 valence electrons. The molecular weight excluding hydrogens is 246 g/mol. The molecule has 1 aliphatic heterocycles. The van der Waals surface area contributed by atoms with Crippen LogP contribution >= 0.6 is 11.3 Å². The Bertz CT molecular complexity index is 416.